The van der Waals surface area contributed by atoms with E-state index in [1.165, 1.54) is 112 Å². The molecule has 0 heterocycles. The molecule has 0 rings (SSSR count). The van der Waals surface area contributed by atoms with Crippen LogP contribution in [0.4, 0.5) is 0 Å². The van der Waals surface area contributed by atoms with Crippen LogP contribution in [0.5, 0.6) is 0 Å². The maximum Gasteiger partial charge on any atom is 0.871 e. The van der Waals surface area contributed by atoms with Crippen LogP contribution >= 0.6 is 0 Å². The lowest BCUT2D eigenvalue weighted by atomic mass is 10.6. The first kappa shape index (κ1) is 35.1. The molecule has 204 valence electrons. The standard InChI is InChI=1S/3C9H21OSi.Al/c3*1-4-7-11(10,8-5-2)9-6-3;/h3*4-9H2,1-3H3;/q3*-1;+3. The predicted molar refractivity (Wildman–Crippen MR) is 162 cm³/mol. The summed E-state index contributed by atoms with van der Waals surface area (Å²) in [7, 11) is -5.52. The van der Waals surface area contributed by atoms with Crippen LogP contribution < -0.4 is 0 Å². The van der Waals surface area contributed by atoms with Crippen molar-refractivity contribution in [1.29, 1.82) is 0 Å². The quantitative estimate of drug-likeness (QED) is 0.113. The molecule has 0 amide bonds. The lowest BCUT2D eigenvalue weighted by Gasteiger charge is -2.42. The zero-order valence-electron chi connectivity index (χ0n) is 25.0. The SMILES string of the molecule is CCC[Si](CCC)(CCC)[O][Al]([O][Si](CCC)(CCC)CCC)[O][Si](CCC)(CCC)CCC. The Hall–Kier alpha value is 1.06. The van der Waals surface area contributed by atoms with E-state index in [0.29, 0.717) is 0 Å². The van der Waals surface area contributed by atoms with Crippen LogP contribution in [0.25, 0.3) is 0 Å². The summed E-state index contributed by atoms with van der Waals surface area (Å²) < 4.78 is 22.4. The number of hydrogen-bond acceptors (Lipinski definition) is 3. The molecule has 0 aromatic rings. The van der Waals surface area contributed by atoms with Gasteiger partial charge in [-0.2, -0.15) is 0 Å². The molecular formula is C27H63AlO3Si3. The van der Waals surface area contributed by atoms with Crippen molar-refractivity contribution in [2.45, 2.75) is 174 Å². The van der Waals surface area contributed by atoms with Crippen molar-refractivity contribution < 1.29 is 10.4 Å². The summed E-state index contributed by atoms with van der Waals surface area (Å²) in [5, 5.41) is 0. The van der Waals surface area contributed by atoms with Gasteiger partial charge in [0, 0.05) is 0 Å². The van der Waals surface area contributed by atoms with Crippen molar-refractivity contribution in [3.05, 3.63) is 0 Å². The first-order valence-corrected chi connectivity index (χ1v) is 24.4. The lowest BCUT2D eigenvalue weighted by molar-refractivity contribution is 0.280. The summed E-state index contributed by atoms with van der Waals surface area (Å²) in [5.74, 6) is 0. The Morgan fingerprint density at radius 3 is 0.588 bits per heavy atom. The molecule has 0 N–H and O–H groups in total. The maximum atomic E-state index is 7.45. The third-order valence-corrected chi connectivity index (χ3v) is 28.4. The van der Waals surface area contributed by atoms with E-state index in [4.69, 9.17) is 10.4 Å². The monoisotopic (exact) mass is 546 g/mol. The highest BCUT2D eigenvalue weighted by molar-refractivity contribution is 6.86. The zero-order valence-corrected chi connectivity index (χ0v) is 29.2. The fourth-order valence-corrected chi connectivity index (χ4v) is 27.9. The molecule has 0 radical (unpaired) electrons. The highest BCUT2D eigenvalue weighted by Gasteiger charge is 2.51. The summed E-state index contributed by atoms with van der Waals surface area (Å²) >= 11 is -2.21. The van der Waals surface area contributed by atoms with E-state index in [9.17, 15) is 0 Å². The second kappa shape index (κ2) is 20.1. The molecule has 0 saturated carbocycles. The van der Waals surface area contributed by atoms with Crippen molar-refractivity contribution in [3.63, 3.8) is 0 Å². The molecule has 0 spiro atoms. The average Bonchev–Trinajstić information content (AvgIpc) is 2.75. The molecule has 0 bridgehead atoms. The summed E-state index contributed by atoms with van der Waals surface area (Å²) in [4.78, 5) is 0. The van der Waals surface area contributed by atoms with Crippen molar-refractivity contribution in [2.24, 2.45) is 0 Å². The van der Waals surface area contributed by atoms with Crippen molar-refractivity contribution in [2.75, 3.05) is 0 Å². The van der Waals surface area contributed by atoms with Gasteiger partial charge in [-0.3, -0.25) is 0 Å². The molecule has 0 saturated heterocycles. The zero-order chi connectivity index (χ0) is 25.9. The molecular weight excluding hydrogens is 484 g/mol. The predicted octanol–water partition coefficient (Wildman–Crippen LogP) is 10.5. The molecule has 0 fully saturated rings. The highest BCUT2D eigenvalue weighted by atomic mass is 28.4. The molecule has 3 nitrogen and oxygen atoms in total. The van der Waals surface area contributed by atoms with E-state index in [1.54, 1.807) is 0 Å². The van der Waals surface area contributed by atoms with E-state index < -0.39 is 40.1 Å². The van der Waals surface area contributed by atoms with Crippen LogP contribution in [-0.4, -0.2) is 40.1 Å². The first-order valence-electron chi connectivity index (χ1n) is 15.4. The van der Waals surface area contributed by atoms with E-state index in [-0.39, 0.29) is 0 Å². The molecule has 0 unspecified atom stereocenters. The second-order valence-electron chi connectivity index (χ2n) is 10.9. The Labute approximate surface area is 224 Å². The summed E-state index contributed by atoms with van der Waals surface area (Å²) in [6, 6.07) is 11.5. The van der Waals surface area contributed by atoms with E-state index in [0.717, 1.165) is 0 Å². The molecule has 0 atom stereocenters. The van der Waals surface area contributed by atoms with Gasteiger partial charge in [0.2, 0.25) is 0 Å². The van der Waals surface area contributed by atoms with E-state index in [2.05, 4.69) is 62.3 Å². The molecule has 0 aromatic heterocycles. The molecule has 0 aliphatic heterocycles. The third kappa shape index (κ3) is 12.5. The van der Waals surface area contributed by atoms with Gasteiger partial charge in [0.05, 0.1) is 0 Å². The van der Waals surface area contributed by atoms with Crippen LogP contribution in [-0.2, 0) is 10.4 Å². The number of hydrogen-bond donors (Lipinski definition) is 0. The van der Waals surface area contributed by atoms with Gasteiger partial charge in [-0.05, 0) is 54.4 Å². The lowest BCUT2D eigenvalue weighted by Crippen LogP contribution is -2.56. The third-order valence-electron chi connectivity index (χ3n) is 7.39. The van der Waals surface area contributed by atoms with Crippen molar-refractivity contribution >= 4 is 40.1 Å². The normalized spacial score (nSPS) is 13.0. The molecule has 7 heteroatoms. The van der Waals surface area contributed by atoms with E-state index >= 15 is 0 Å². The molecule has 0 aromatic carbocycles. The first-order chi connectivity index (χ1) is 16.3. The van der Waals surface area contributed by atoms with E-state index in [1.807, 2.05) is 0 Å². The van der Waals surface area contributed by atoms with Gasteiger partial charge in [-0.1, -0.05) is 120 Å². The van der Waals surface area contributed by atoms with Crippen LogP contribution in [0.1, 0.15) is 120 Å². The average molecular weight is 547 g/mol. The van der Waals surface area contributed by atoms with Gasteiger partial charge in [-0.15, -0.1) is 0 Å². The molecule has 0 aliphatic rings. The van der Waals surface area contributed by atoms with Crippen LogP contribution in [0.2, 0.25) is 54.4 Å². The minimum atomic E-state index is -2.21. The fourth-order valence-electron chi connectivity index (χ4n) is 6.44. The Bertz CT molecular complexity index is 364. The molecule has 0 aliphatic carbocycles. The van der Waals surface area contributed by atoms with Crippen molar-refractivity contribution in [3.8, 4) is 0 Å². The van der Waals surface area contributed by atoms with Gasteiger partial charge in [0.1, 0.15) is 0 Å². The van der Waals surface area contributed by atoms with Crippen LogP contribution in [0.3, 0.4) is 0 Å². The number of rotatable bonds is 24. The Morgan fingerprint density at radius 2 is 0.471 bits per heavy atom. The van der Waals surface area contributed by atoms with Gasteiger partial charge < -0.3 is 10.4 Å². The largest absolute Gasteiger partial charge is 0.871 e. The van der Waals surface area contributed by atoms with Gasteiger partial charge in [-0.25, -0.2) is 0 Å². The Balaban J connectivity index is 6.41. The summed E-state index contributed by atoms with van der Waals surface area (Å²) in [6.07, 6.45) is 11.1. The van der Waals surface area contributed by atoms with Gasteiger partial charge in [0.15, 0.2) is 25.0 Å². The van der Waals surface area contributed by atoms with Gasteiger partial charge >= 0.3 is 15.1 Å². The molecule has 34 heavy (non-hydrogen) atoms. The maximum absolute atomic E-state index is 7.45. The summed E-state index contributed by atoms with van der Waals surface area (Å²) in [5.41, 5.74) is 0. The van der Waals surface area contributed by atoms with Crippen molar-refractivity contribution in [1.82, 2.24) is 0 Å². The Morgan fingerprint density at radius 1 is 0.324 bits per heavy atom. The highest BCUT2D eigenvalue weighted by Crippen LogP contribution is 2.36. The van der Waals surface area contributed by atoms with Crippen LogP contribution in [0.15, 0.2) is 0 Å². The van der Waals surface area contributed by atoms with Crippen LogP contribution in [0, 0.1) is 0 Å². The topological polar surface area (TPSA) is 27.7 Å². The van der Waals surface area contributed by atoms with Gasteiger partial charge in [0.25, 0.3) is 0 Å². The minimum Gasteiger partial charge on any atom is -0.499 e. The summed E-state index contributed by atoms with van der Waals surface area (Å²) in [6.45, 7) is 21.2. The minimum absolute atomic E-state index is 1.23. The fraction of sp³-hybridized carbons (Fsp3) is 1.00. The second-order valence-corrected chi connectivity index (χ2v) is 25.9. The Kier molecular flexibility index (Phi) is 20.7. The smallest absolute Gasteiger partial charge is 0.499 e.